The zero-order valence-electron chi connectivity index (χ0n) is 10.2. The first kappa shape index (κ1) is 11.9. The van der Waals surface area contributed by atoms with E-state index in [0.717, 1.165) is 6.42 Å². The first-order valence-electron chi connectivity index (χ1n) is 6.59. The van der Waals surface area contributed by atoms with Crippen LogP contribution in [-0.4, -0.2) is 48.1 Å². The minimum absolute atomic E-state index is 0.00708. The molecule has 1 heterocycles. The number of aliphatic hydroxyl groups is 1. The van der Waals surface area contributed by atoms with Crippen molar-refractivity contribution >= 4 is 11.8 Å². The number of hydrogen-bond acceptors (Lipinski definition) is 4. The third-order valence-electron chi connectivity index (χ3n) is 4.36. The molecule has 1 saturated heterocycles. The van der Waals surface area contributed by atoms with E-state index < -0.39 is 0 Å². The van der Waals surface area contributed by atoms with Crippen LogP contribution >= 0.6 is 0 Å². The number of nitrogens with zero attached hydrogens (tertiary/aromatic N) is 1. The van der Waals surface area contributed by atoms with Crippen molar-refractivity contribution in [3.63, 3.8) is 0 Å². The second-order valence-corrected chi connectivity index (χ2v) is 5.30. The largest absolute Gasteiger partial charge is 0.395 e. The number of rotatable bonds is 5. The zero-order chi connectivity index (χ0) is 12.7. The van der Waals surface area contributed by atoms with Crippen LogP contribution in [-0.2, 0) is 9.59 Å². The summed E-state index contributed by atoms with van der Waals surface area (Å²) in [5, 5.41) is 11.6. The molecule has 2 fully saturated rings. The van der Waals surface area contributed by atoms with Gasteiger partial charge in [0.2, 0.25) is 11.8 Å². The van der Waals surface area contributed by atoms with Gasteiger partial charge in [-0.05, 0) is 18.3 Å². The van der Waals surface area contributed by atoms with E-state index in [1.807, 2.05) is 0 Å². The number of aliphatic hydroxyl groups excluding tert-OH is 1. The zero-order valence-corrected chi connectivity index (χ0v) is 10.2. The molecule has 0 spiro atoms. The molecule has 0 unspecified atom stereocenters. The quantitative estimate of drug-likeness (QED) is 0.387. The summed E-state index contributed by atoms with van der Waals surface area (Å²) in [4.78, 5) is 25.9. The van der Waals surface area contributed by atoms with Crippen LogP contribution in [0.2, 0.25) is 0 Å². The molecule has 3 aliphatic rings. The Hall–Kier alpha value is -1.20. The van der Waals surface area contributed by atoms with Crippen LogP contribution in [0.4, 0.5) is 0 Å². The molecule has 2 N–H and O–H groups in total. The number of amides is 2. The molecule has 0 aromatic carbocycles. The van der Waals surface area contributed by atoms with Gasteiger partial charge in [-0.2, -0.15) is 0 Å². The Balaban J connectivity index is 1.65. The maximum atomic E-state index is 12.2. The molecule has 2 bridgehead atoms. The Morgan fingerprint density at radius 1 is 1.17 bits per heavy atom. The highest BCUT2D eigenvalue weighted by Crippen LogP contribution is 2.52. The minimum atomic E-state index is -0.0923. The van der Waals surface area contributed by atoms with E-state index in [4.69, 9.17) is 5.11 Å². The highest BCUT2D eigenvalue weighted by molar-refractivity contribution is 6.06. The Labute approximate surface area is 106 Å². The highest BCUT2D eigenvalue weighted by atomic mass is 16.3. The van der Waals surface area contributed by atoms with Gasteiger partial charge in [-0.1, -0.05) is 12.2 Å². The molecule has 3 rings (SSSR count). The number of carbonyl (C=O) groups is 2. The van der Waals surface area contributed by atoms with E-state index in [1.165, 1.54) is 4.90 Å². The van der Waals surface area contributed by atoms with Gasteiger partial charge in [0.15, 0.2) is 0 Å². The van der Waals surface area contributed by atoms with Gasteiger partial charge in [0, 0.05) is 19.6 Å². The number of allylic oxidation sites excluding steroid dienone is 2. The Morgan fingerprint density at radius 3 is 2.33 bits per heavy atom. The lowest BCUT2D eigenvalue weighted by atomic mass is 9.85. The van der Waals surface area contributed by atoms with Crippen molar-refractivity contribution in [2.45, 2.75) is 6.42 Å². The van der Waals surface area contributed by atoms with Crippen molar-refractivity contribution in [2.75, 3.05) is 26.2 Å². The number of likely N-dealkylation sites (tertiary alicyclic amines) is 1. The summed E-state index contributed by atoms with van der Waals surface area (Å²) in [5.74, 6) is 0.398. The van der Waals surface area contributed by atoms with Crippen molar-refractivity contribution < 1.29 is 14.7 Å². The van der Waals surface area contributed by atoms with Crippen molar-refractivity contribution in [3.8, 4) is 0 Å². The van der Waals surface area contributed by atoms with E-state index in [1.54, 1.807) is 0 Å². The summed E-state index contributed by atoms with van der Waals surface area (Å²) in [7, 11) is 0. The molecule has 5 nitrogen and oxygen atoms in total. The lowest BCUT2D eigenvalue weighted by Gasteiger charge is -2.17. The monoisotopic (exact) mass is 250 g/mol. The number of nitrogens with one attached hydrogen (secondary N) is 1. The topological polar surface area (TPSA) is 69.6 Å². The number of hydrogen-bond donors (Lipinski definition) is 2. The van der Waals surface area contributed by atoms with Crippen LogP contribution < -0.4 is 5.32 Å². The van der Waals surface area contributed by atoms with Crippen molar-refractivity contribution in [2.24, 2.45) is 23.7 Å². The maximum absolute atomic E-state index is 12.2. The smallest absolute Gasteiger partial charge is 0.233 e. The van der Waals surface area contributed by atoms with Gasteiger partial charge in [-0.15, -0.1) is 0 Å². The van der Waals surface area contributed by atoms with Gasteiger partial charge in [0.05, 0.1) is 18.4 Å². The van der Waals surface area contributed by atoms with Crippen LogP contribution in [0.25, 0.3) is 0 Å². The van der Waals surface area contributed by atoms with Crippen LogP contribution in [0.5, 0.6) is 0 Å². The van der Waals surface area contributed by atoms with Crippen molar-refractivity contribution in [1.82, 2.24) is 10.2 Å². The average molecular weight is 250 g/mol. The van der Waals surface area contributed by atoms with E-state index in [2.05, 4.69) is 17.5 Å². The number of carbonyl (C=O) groups excluding carboxylic acids is 2. The van der Waals surface area contributed by atoms with Gasteiger partial charge in [-0.3, -0.25) is 14.5 Å². The van der Waals surface area contributed by atoms with E-state index in [9.17, 15) is 9.59 Å². The highest BCUT2D eigenvalue weighted by Gasteiger charge is 2.58. The fourth-order valence-corrected chi connectivity index (χ4v) is 3.58. The third kappa shape index (κ3) is 1.61. The molecule has 0 aromatic rings. The van der Waals surface area contributed by atoms with E-state index >= 15 is 0 Å². The molecule has 98 valence electrons. The lowest BCUT2D eigenvalue weighted by molar-refractivity contribution is -0.140. The summed E-state index contributed by atoms with van der Waals surface area (Å²) in [5.41, 5.74) is 0. The summed E-state index contributed by atoms with van der Waals surface area (Å²) in [6, 6.07) is 0. The Morgan fingerprint density at radius 2 is 1.78 bits per heavy atom. The summed E-state index contributed by atoms with van der Waals surface area (Å²) < 4.78 is 0. The predicted octanol–water partition coefficient (Wildman–Crippen LogP) is -0.625. The van der Waals surface area contributed by atoms with E-state index in [0.29, 0.717) is 19.6 Å². The molecule has 1 aliphatic heterocycles. The normalized spacial score (nSPS) is 36.8. The van der Waals surface area contributed by atoms with E-state index in [-0.39, 0.29) is 42.1 Å². The van der Waals surface area contributed by atoms with Gasteiger partial charge in [0.25, 0.3) is 0 Å². The molecule has 0 aromatic heterocycles. The second kappa shape index (κ2) is 4.48. The van der Waals surface area contributed by atoms with Crippen LogP contribution in [0.15, 0.2) is 12.2 Å². The molecule has 4 atom stereocenters. The molecular weight excluding hydrogens is 232 g/mol. The molecule has 18 heavy (non-hydrogen) atoms. The second-order valence-electron chi connectivity index (χ2n) is 5.30. The summed E-state index contributed by atoms with van der Waals surface area (Å²) in [6.07, 6.45) is 5.18. The number of imide groups is 1. The molecule has 1 saturated carbocycles. The first-order chi connectivity index (χ1) is 8.74. The van der Waals surface area contributed by atoms with Crippen LogP contribution in [0, 0.1) is 23.7 Å². The van der Waals surface area contributed by atoms with Gasteiger partial charge >= 0.3 is 0 Å². The van der Waals surface area contributed by atoms with Gasteiger partial charge in [-0.25, -0.2) is 0 Å². The van der Waals surface area contributed by atoms with Gasteiger partial charge in [0.1, 0.15) is 0 Å². The van der Waals surface area contributed by atoms with Crippen LogP contribution in [0.1, 0.15) is 6.42 Å². The fraction of sp³-hybridized carbons (Fsp3) is 0.692. The predicted molar refractivity (Wildman–Crippen MR) is 64.4 cm³/mol. The summed E-state index contributed by atoms with van der Waals surface area (Å²) in [6.45, 7) is 1.54. The van der Waals surface area contributed by atoms with Crippen molar-refractivity contribution in [1.29, 1.82) is 0 Å². The molecule has 0 radical (unpaired) electrons. The van der Waals surface area contributed by atoms with Gasteiger partial charge < -0.3 is 10.4 Å². The first-order valence-corrected chi connectivity index (χ1v) is 6.59. The number of fused-ring (bicyclic) bond motifs is 5. The SMILES string of the molecule is O=C1[C@@H]2[C@H](C(=O)N1CCNCCO)[C@H]1C=C[C@H]2C1. The fourth-order valence-electron chi connectivity index (χ4n) is 3.58. The third-order valence-corrected chi connectivity index (χ3v) is 4.36. The van der Waals surface area contributed by atoms with Crippen molar-refractivity contribution in [3.05, 3.63) is 12.2 Å². The minimum Gasteiger partial charge on any atom is -0.395 e. The lowest BCUT2D eigenvalue weighted by Crippen LogP contribution is -2.38. The molecular formula is C13H18N2O3. The molecule has 2 aliphatic carbocycles. The summed E-state index contributed by atoms with van der Waals surface area (Å²) >= 11 is 0. The molecule has 2 amide bonds. The average Bonchev–Trinajstić information content (AvgIpc) is 3.02. The maximum Gasteiger partial charge on any atom is 0.233 e. The Bertz CT molecular complexity index is 377. The molecule has 5 heteroatoms. The standard InChI is InChI=1S/C13H18N2O3/c16-6-4-14-3-5-15-12(17)10-8-1-2-9(7-8)11(10)13(15)18/h1-2,8-11,14,16H,3-7H2/t8-,9-,10-,11+/m0/s1. The van der Waals surface area contributed by atoms with Crippen LogP contribution in [0.3, 0.4) is 0 Å². The Kier molecular flexibility index (Phi) is 2.95.